The number of anilines is 1. The third-order valence-electron chi connectivity index (χ3n) is 3.34. The molecule has 0 aliphatic heterocycles. The van der Waals surface area contributed by atoms with Gasteiger partial charge in [0.15, 0.2) is 5.65 Å². The predicted molar refractivity (Wildman–Crippen MR) is 84.5 cm³/mol. The standard InChI is InChI=1S/C15H10ClF3N4O2/c16-9-4-5-11(10(7-9)15(17,18)19)20-13(24)8-23-14(25)22-6-2-1-3-12(22)21-23/h1-7H,8H2,(H,20,24). The Morgan fingerprint density at radius 3 is 2.68 bits per heavy atom. The fourth-order valence-corrected chi connectivity index (χ4v) is 2.43. The molecule has 2 aromatic heterocycles. The molecule has 1 aromatic carbocycles. The van der Waals surface area contributed by atoms with Crippen LogP contribution in [0.1, 0.15) is 5.56 Å². The average Bonchev–Trinajstić information content (AvgIpc) is 2.84. The van der Waals surface area contributed by atoms with Crippen LogP contribution < -0.4 is 11.0 Å². The van der Waals surface area contributed by atoms with Gasteiger partial charge in [-0.25, -0.2) is 9.48 Å². The Kier molecular flexibility index (Phi) is 4.25. The summed E-state index contributed by atoms with van der Waals surface area (Å²) in [5.74, 6) is -0.821. The molecule has 10 heteroatoms. The third kappa shape index (κ3) is 3.50. The molecule has 3 rings (SSSR count). The average molecular weight is 371 g/mol. The van der Waals surface area contributed by atoms with Gasteiger partial charge in [-0.3, -0.25) is 9.20 Å². The van der Waals surface area contributed by atoms with E-state index in [2.05, 4.69) is 10.4 Å². The maximum Gasteiger partial charge on any atom is 0.418 e. The molecule has 0 aliphatic rings. The maximum absolute atomic E-state index is 13.0. The van der Waals surface area contributed by atoms with Crippen molar-refractivity contribution in [2.45, 2.75) is 12.7 Å². The number of benzene rings is 1. The van der Waals surface area contributed by atoms with Crippen molar-refractivity contribution in [3.63, 3.8) is 0 Å². The number of carbonyl (C=O) groups excluding carboxylic acids is 1. The molecule has 25 heavy (non-hydrogen) atoms. The lowest BCUT2D eigenvalue weighted by Gasteiger charge is -2.14. The molecule has 0 atom stereocenters. The van der Waals surface area contributed by atoms with E-state index in [4.69, 9.17) is 11.6 Å². The third-order valence-corrected chi connectivity index (χ3v) is 3.58. The molecule has 2 heterocycles. The number of halogens is 4. The van der Waals surface area contributed by atoms with Crippen LogP contribution in [0.5, 0.6) is 0 Å². The van der Waals surface area contributed by atoms with Gasteiger partial charge in [0.05, 0.1) is 11.3 Å². The van der Waals surface area contributed by atoms with Crippen LogP contribution >= 0.6 is 11.6 Å². The van der Waals surface area contributed by atoms with Crippen LogP contribution in [0.3, 0.4) is 0 Å². The van der Waals surface area contributed by atoms with Crippen LogP contribution in [0.2, 0.25) is 5.02 Å². The zero-order valence-electron chi connectivity index (χ0n) is 12.4. The highest BCUT2D eigenvalue weighted by atomic mass is 35.5. The lowest BCUT2D eigenvalue weighted by molar-refractivity contribution is -0.137. The molecular formula is C15H10ClF3N4O2. The number of hydrogen-bond acceptors (Lipinski definition) is 3. The largest absolute Gasteiger partial charge is 0.418 e. The van der Waals surface area contributed by atoms with Crippen molar-refractivity contribution in [1.82, 2.24) is 14.2 Å². The normalized spacial score (nSPS) is 11.7. The first-order valence-electron chi connectivity index (χ1n) is 6.96. The van der Waals surface area contributed by atoms with E-state index < -0.39 is 35.6 Å². The fourth-order valence-electron chi connectivity index (χ4n) is 2.26. The van der Waals surface area contributed by atoms with Crippen molar-refractivity contribution in [3.05, 3.63) is 63.7 Å². The van der Waals surface area contributed by atoms with E-state index in [9.17, 15) is 22.8 Å². The molecule has 130 valence electrons. The van der Waals surface area contributed by atoms with E-state index in [1.165, 1.54) is 16.7 Å². The molecule has 3 aromatic rings. The molecule has 0 fully saturated rings. The van der Waals surface area contributed by atoms with Crippen LogP contribution in [0, 0.1) is 0 Å². The minimum absolute atomic E-state index is 0.109. The van der Waals surface area contributed by atoms with Gasteiger partial charge in [-0.15, -0.1) is 5.10 Å². The molecule has 1 N–H and O–H groups in total. The van der Waals surface area contributed by atoms with Gasteiger partial charge in [-0.2, -0.15) is 13.2 Å². The van der Waals surface area contributed by atoms with E-state index in [-0.39, 0.29) is 5.02 Å². The highest BCUT2D eigenvalue weighted by Gasteiger charge is 2.34. The molecule has 0 aliphatic carbocycles. The van der Waals surface area contributed by atoms with Gasteiger partial charge in [0, 0.05) is 11.2 Å². The molecule has 0 unspecified atom stereocenters. The number of alkyl halides is 3. The van der Waals surface area contributed by atoms with Crippen molar-refractivity contribution in [1.29, 1.82) is 0 Å². The SMILES string of the molecule is O=C(Cn1nc2ccccn2c1=O)Nc1ccc(Cl)cc1C(F)(F)F. The summed E-state index contributed by atoms with van der Waals surface area (Å²) >= 11 is 5.58. The van der Waals surface area contributed by atoms with Gasteiger partial charge in [-0.1, -0.05) is 17.7 Å². The number of nitrogens with zero attached hydrogens (tertiary/aromatic N) is 3. The van der Waals surface area contributed by atoms with Gasteiger partial charge in [0.25, 0.3) is 0 Å². The van der Waals surface area contributed by atoms with Gasteiger partial charge in [-0.05, 0) is 30.3 Å². The van der Waals surface area contributed by atoms with Crippen molar-refractivity contribution < 1.29 is 18.0 Å². The smallest absolute Gasteiger partial charge is 0.324 e. The van der Waals surface area contributed by atoms with Crippen molar-refractivity contribution in [2.24, 2.45) is 0 Å². The Hall–Kier alpha value is -2.81. The summed E-state index contributed by atoms with van der Waals surface area (Å²) in [6.45, 7) is -0.527. The second kappa shape index (κ2) is 6.25. The summed E-state index contributed by atoms with van der Waals surface area (Å²) in [7, 11) is 0. The number of hydrogen-bond donors (Lipinski definition) is 1. The number of aromatic nitrogens is 3. The minimum Gasteiger partial charge on any atom is -0.324 e. The summed E-state index contributed by atoms with van der Waals surface area (Å²) in [6, 6.07) is 7.84. The maximum atomic E-state index is 13.0. The van der Waals surface area contributed by atoms with E-state index in [0.29, 0.717) is 11.7 Å². The van der Waals surface area contributed by atoms with E-state index in [1.807, 2.05) is 0 Å². The number of nitrogens with one attached hydrogen (secondary N) is 1. The van der Waals surface area contributed by atoms with Crippen LogP contribution in [-0.4, -0.2) is 20.1 Å². The number of fused-ring (bicyclic) bond motifs is 1. The first-order valence-corrected chi connectivity index (χ1v) is 7.34. The molecule has 0 radical (unpaired) electrons. The van der Waals surface area contributed by atoms with Crippen molar-refractivity contribution in [3.8, 4) is 0 Å². The van der Waals surface area contributed by atoms with Crippen LogP contribution in [-0.2, 0) is 17.5 Å². The predicted octanol–water partition coefficient (Wildman–Crippen LogP) is 2.81. The molecule has 0 saturated heterocycles. The highest BCUT2D eigenvalue weighted by molar-refractivity contribution is 6.30. The zero-order valence-corrected chi connectivity index (χ0v) is 13.2. The summed E-state index contributed by atoms with van der Waals surface area (Å²) in [5, 5.41) is 5.97. The molecular weight excluding hydrogens is 361 g/mol. The van der Waals surface area contributed by atoms with Crippen molar-refractivity contribution >= 4 is 28.8 Å². The Bertz CT molecular complexity index is 1010. The Labute approximate surface area is 143 Å². The van der Waals surface area contributed by atoms with Crippen molar-refractivity contribution in [2.75, 3.05) is 5.32 Å². The molecule has 0 saturated carbocycles. The Balaban J connectivity index is 1.86. The van der Waals surface area contributed by atoms with Gasteiger partial charge in [0.2, 0.25) is 5.91 Å². The first kappa shape index (κ1) is 17.0. The van der Waals surface area contributed by atoms with E-state index in [0.717, 1.165) is 10.7 Å². The topological polar surface area (TPSA) is 68.4 Å². The van der Waals surface area contributed by atoms with Crippen LogP contribution in [0.4, 0.5) is 18.9 Å². The Morgan fingerprint density at radius 2 is 2.00 bits per heavy atom. The molecule has 1 amide bonds. The summed E-state index contributed by atoms with van der Waals surface area (Å²) < 4.78 is 41.2. The Morgan fingerprint density at radius 1 is 1.24 bits per heavy atom. The molecule has 0 spiro atoms. The van der Waals surface area contributed by atoms with Gasteiger partial charge >= 0.3 is 11.9 Å². The second-order valence-corrected chi connectivity index (χ2v) is 5.54. The monoisotopic (exact) mass is 370 g/mol. The quantitative estimate of drug-likeness (QED) is 0.771. The number of amides is 1. The zero-order chi connectivity index (χ0) is 18.2. The van der Waals surface area contributed by atoms with Gasteiger partial charge < -0.3 is 5.32 Å². The summed E-state index contributed by atoms with van der Waals surface area (Å²) in [5.41, 5.74) is -1.77. The van der Waals surface area contributed by atoms with E-state index >= 15 is 0 Å². The lowest BCUT2D eigenvalue weighted by Crippen LogP contribution is -2.28. The van der Waals surface area contributed by atoms with Gasteiger partial charge in [0.1, 0.15) is 6.54 Å². The minimum atomic E-state index is -4.69. The highest BCUT2D eigenvalue weighted by Crippen LogP contribution is 2.36. The lowest BCUT2D eigenvalue weighted by atomic mass is 10.1. The van der Waals surface area contributed by atoms with E-state index in [1.54, 1.807) is 18.2 Å². The van der Waals surface area contributed by atoms with Crippen LogP contribution in [0.25, 0.3) is 5.65 Å². The molecule has 6 nitrogen and oxygen atoms in total. The first-order chi connectivity index (χ1) is 11.8. The fraction of sp³-hybridized carbons (Fsp3) is 0.133. The molecule has 0 bridgehead atoms. The second-order valence-electron chi connectivity index (χ2n) is 5.10. The number of rotatable bonds is 3. The number of carbonyl (C=O) groups is 1. The summed E-state index contributed by atoms with van der Waals surface area (Å²) in [6.07, 6.45) is -3.21. The van der Waals surface area contributed by atoms with Crippen LogP contribution in [0.15, 0.2) is 47.4 Å². The summed E-state index contributed by atoms with van der Waals surface area (Å²) in [4.78, 5) is 24.1. The number of pyridine rings is 1.